The van der Waals surface area contributed by atoms with Crippen LogP contribution in [0, 0.1) is 0 Å². The lowest BCUT2D eigenvalue weighted by Crippen LogP contribution is -2.33. The minimum Gasteiger partial charge on any atom is -0.493 e. The lowest BCUT2D eigenvalue weighted by molar-refractivity contribution is -0.138. The Hall–Kier alpha value is -1.60. The molecule has 0 aliphatic carbocycles. The van der Waals surface area contributed by atoms with Gasteiger partial charge < -0.3 is 19.3 Å². The second kappa shape index (κ2) is 6.23. The Morgan fingerprint density at radius 2 is 1.85 bits per heavy atom. The van der Waals surface area contributed by atoms with Crippen molar-refractivity contribution in [2.24, 2.45) is 0 Å². The second-order valence-corrected chi connectivity index (χ2v) is 5.37. The molecule has 110 valence electrons. The summed E-state index contributed by atoms with van der Waals surface area (Å²) in [5.74, 6) is 1.33. The van der Waals surface area contributed by atoms with Crippen LogP contribution in [0.5, 0.6) is 17.2 Å². The summed E-state index contributed by atoms with van der Waals surface area (Å²) >= 11 is 1.54. The predicted molar refractivity (Wildman–Crippen MR) is 75.9 cm³/mol. The summed E-state index contributed by atoms with van der Waals surface area (Å²) in [5, 5.41) is 12.0. The lowest BCUT2D eigenvalue weighted by atomic mass is 10.1. The van der Waals surface area contributed by atoms with Crippen LogP contribution >= 0.6 is 11.8 Å². The molecule has 1 aromatic rings. The summed E-state index contributed by atoms with van der Waals surface area (Å²) in [6.07, 6.45) is 0. The van der Waals surface area contributed by atoms with Gasteiger partial charge in [-0.1, -0.05) is 0 Å². The van der Waals surface area contributed by atoms with E-state index in [0.29, 0.717) is 23.0 Å². The molecule has 2 atom stereocenters. The molecule has 0 saturated carbocycles. The number of ether oxygens (including phenoxy) is 3. The molecule has 1 aliphatic heterocycles. The van der Waals surface area contributed by atoms with E-state index in [-0.39, 0.29) is 5.37 Å². The van der Waals surface area contributed by atoms with Crippen molar-refractivity contribution in [3.63, 3.8) is 0 Å². The fourth-order valence-electron chi connectivity index (χ4n) is 2.06. The van der Waals surface area contributed by atoms with Gasteiger partial charge in [0, 0.05) is 5.75 Å². The minimum atomic E-state index is -0.840. The number of aliphatic carboxylic acids is 1. The van der Waals surface area contributed by atoms with Crippen molar-refractivity contribution in [2.75, 3.05) is 27.1 Å². The van der Waals surface area contributed by atoms with Gasteiger partial charge in [0.1, 0.15) is 6.04 Å². The Morgan fingerprint density at radius 1 is 1.25 bits per heavy atom. The van der Waals surface area contributed by atoms with Crippen LogP contribution < -0.4 is 19.5 Å². The number of hydrogen-bond donors (Lipinski definition) is 2. The molecule has 1 aliphatic rings. The van der Waals surface area contributed by atoms with Gasteiger partial charge in [-0.05, 0) is 17.7 Å². The van der Waals surface area contributed by atoms with Crippen LogP contribution in [-0.2, 0) is 4.79 Å². The first-order chi connectivity index (χ1) is 9.60. The summed E-state index contributed by atoms with van der Waals surface area (Å²) in [6.45, 7) is 0. The molecule has 1 heterocycles. The summed E-state index contributed by atoms with van der Waals surface area (Å²) in [4.78, 5) is 11.0. The number of methoxy groups -OCH3 is 3. The molecular formula is C13H17NO5S. The molecule has 1 aromatic carbocycles. The number of benzene rings is 1. The normalized spacial score (nSPS) is 21.6. The molecule has 0 radical (unpaired) electrons. The maximum absolute atomic E-state index is 11.0. The van der Waals surface area contributed by atoms with Gasteiger partial charge in [-0.3, -0.25) is 10.1 Å². The van der Waals surface area contributed by atoms with E-state index < -0.39 is 12.0 Å². The van der Waals surface area contributed by atoms with E-state index in [9.17, 15) is 4.79 Å². The zero-order chi connectivity index (χ0) is 14.7. The molecule has 7 heteroatoms. The fraction of sp³-hybridized carbons (Fsp3) is 0.462. The third kappa shape index (κ3) is 2.78. The Bertz CT molecular complexity index is 483. The van der Waals surface area contributed by atoms with E-state index >= 15 is 0 Å². The van der Waals surface area contributed by atoms with E-state index in [1.54, 1.807) is 21.3 Å². The Morgan fingerprint density at radius 3 is 2.25 bits per heavy atom. The molecule has 2 rings (SSSR count). The molecule has 1 saturated heterocycles. The first kappa shape index (κ1) is 14.8. The van der Waals surface area contributed by atoms with Crippen LogP contribution in [0.3, 0.4) is 0 Å². The quantitative estimate of drug-likeness (QED) is 0.853. The number of hydrogen-bond acceptors (Lipinski definition) is 6. The van der Waals surface area contributed by atoms with Crippen molar-refractivity contribution < 1.29 is 24.1 Å². The van der Waals surface area contributed by atoms with E-state index in [0.717, 1.165) is 5.56 Å². The van der Waals surface area contributed by atoms with Gasteiger partial charge in [-0.15, -0.1) is 11.8 Å². The highest BCUT2D eigenvalue weighted by Gasteiger charge is 2.31. The van der Waals surface area contributed by atoms with Gasteiger partial charge in [0.05, 0.1) is 26.7 Å². The van der Waals surface area contributed by atoms with Crippen molar-refractivity contribution in [2.45, 2.75) is 11.4 Å². The highest BCUT2D eigenvalue weighted by atomic mass is 32.2. The lowest BCUT2D eigenvalue weighted by Gasteiger charge is -2.17. The minimum absolute atomic E-state index is 0.107. The maximum atomic E-state index is 11.0. The molecular weight excluding hydrogens is 282 g/mol. The van der Waals surface area contributed by atoms with Crippen LogP contribution in [0.25, 0.3) is 0 Å². The van der Waals surface area contributed by atoms with Crippen LogP contribution in [0.2, 0.25) is 0 Å². The first-order valence-electron chi connectivity index (χ1n) is 6.01. The summed E-state index contributed by atoms with van der Waals surface area (Å²) in [7, 11) is 4.65. The van der Waals surface area contributed by atoms with Crippen molar-refractivity contribution in [3.8, 4) is 17.2 Å². The van der Waals surface area contributed by atoms with Crippen LogP contribution in [-0.4, -0.2) is 44.2 Å². The smallest absolute Gasteiger partial charge is 0.321 e. The van der Waals surface area contributed by atoms with Gasteiger partial charge in [-0.2, -0.15) is 0 Å². The number of thioether (sulfide) groups is 1. The maximum Gasteiger partial charge on any atom is 0.321 e. The average Bonchev–Trinajstić information content (AvgIpc) is 2.95. The third-order valence-corrected chi connectivity index (χ3v) is 4.34. The van der Waals surface area contributed by atoms with E-state index in [1.165, 1.54) is 11.8 Å². The number of carboxylic acid groups (broad SMARTS) is 1. The SMILES string of the molecule is COc1cc([C@@H]2NC(C(=O)O)CS2)cc(OC)c1OC. The monoisotopic (exact) mass is 299 g/mol. The van der Waals surface area contributed by atoms with Gasteiger partial charge in [0.2, 0.25) is 5.75 Å². The Kier molecular flexibility index (Phi) is 4.61. The highest BCUT2D eigenvalue weighted by molar-refractivity contribution is 7.99. The van der Waals surface area contributed by atoms with E-state index in [2.05, 4.69) is 5.32 Å². The summed E-state index contributed by atoms with van der Waals surface area (Å²) < 4.78 is 15.9. The molecule has 0 spiro atoms. The third-order valence-electron chi connectivity index (χ3n) is 3.07. The van der Waals surface area contributed by atoms with Crippen molar-refractivity contribution >= 4 is 17.7 Å². The van der Waals surface area contributed by atoms with Gasteiger partial charge in [-0.25, -0.2) is 0 Å². The van der Waals surface area contributed by atoms with Gasteiger partial charge in [0.25, 0.3) is 0 Å². The molecule has 0 aromatic heterocycles. The first-order valence-corrected chi connectivity index (χ1v) is 7.06. The van der Waals surface area contributed by atoms with Crippen LogP contribution in [0.1, 0.15) is 10.9 Å². The van der Waals surface area contributed by atoms with Crippen molar-refractivity contribution in [1.82, 2.24) is 5.32 Å². The van der Waals surface area contributed by atoms with Crippen LogP contribution in [0.4, 0.5) is 0 Å². The van der Waals surface area contributed by atoms with Crippen LogP contribution in [0.15, 0.2) is 12.1 Å². The topological polar surface area (TPSA) is 77.0 Å². The predicted octanol–water partition coefficient (Wildman–Crippen LogP) is 1.50. The molecule has 1 unspecified atom stereocenters. The molecule has 6 nitrogen and oxygen atoms in total. The molecule has 20 heavy (non-hydrogen) atoms. The summed E-state index contributed by atoms with van der Waals surface area (Å²) in [5.41, 5.74) is 0.897. The zero-order valence-electron chi connectivity index (χ0n) is 11.5. The van der Waals surface area contributed by atoms with E-state index in [4.69, 9.17) is 19.3 Å². The standard InChI is InChI=1S/C13H17NO5S/c1-17-9-4-7(5-10(18-2)11(9)19-3)12-14-8(6-20-12)13(15)16/h4-5,8,12,14H,6H2,1-3H3,(H,15,16)/t8?,12-/m1/s1. The number of nitrogens with one attached hydrogen (secondary N) is 1. The average molecular weight is 299 g/mol. The zero-order valence-corrected chi connectivity index (χ0v) is 12.3. The number of carbonyl (C=O) groups is 1. The summed E-state index contributed by atoms with van der Waals surface area (Å²) in [6, 6.07) is 3.12. The Labute approximate surface area is 121 Å². The fourth-order valence-corrected chi connectivity index (χ4v) is 3.27. The van der Waals surface area contributed by atoms with Crippen molar-refractivity contribution in [3.05, 3.63) is 17.7 Å². The largest absolute Gasteiger partial charge is 0.493 e. The Balaban J connectivity index is 2.31. The number of carboxylic acids is 1. The van der Waals surface area contributed by atoms with E-state index in [1.807, 2.05) is 12.1 Å². The van der Waals surface area contributed by atoms with Gasteiger partial charge >= 0.3 is 5.97 Å². The molecule has 0 bridgehead atoms. The second-order valence-electron chi connectivity index (χ2n) is 4.23. The number of rotatable bonds is 5. The molecule has 2 N–H and O–H groups in total. The van der Waals surface area contributed by atoms with Crippen molar-refractivity contribution in [1.29, 1.82) is 0 Å². The van der Waals surface area contributed by atoms with Gasteiger partial charge in [0.15, 0.2) is 11.5 Å². The molecule has 1 fully saturated rings. The highest BCUT2D eigenvalue weighted by Crippen LogP contribution is 2.43. The molecule has 0 amide bonds.